The first kappa shape index (κ1) is 13.9. The molecule has 0 saturated carbocycles. The third-order valence-corrected chi connectivity index (χ3v) is 3.43. The van der Waals surface area contributed by atoms with Crippen LogP contribution in [0.3, 0.4) is 0 Å². The van der Waals surface area contributed by atoms with Gasteiger partial charge in [0.15, 0.2) is 0 Å². The lowest BCUT2D eigenvalue weighted by Gasteiger charge is -2.12. The predicted octanol–water partition coefficient (Wildman–Crippen LogP) is 1.93. The van der Waals surface area contributed by atoms with E-state index in [4.69, 9.17) is 5.73 Å². The van der Waals surface area contributed by atoms with Crippen molar-refractivity contribution in [1.29, 1.82) is 0 Å². The molecule has 0 radical (unpaired) electrons. The lowest BCUT2D eigenvalue weighted by Crippen LogP contribution is -2.10. The number of nitrogen functional groups attached to an aromatic ring is 1. The quantitative estimate of drug-likeness (QED) is 0.741. The van der Waals surface area contributed by atoms with Crippen LogP contribution in [-0.2, 0) is 13.6 Å². The number of benzene rings is 1. The molecular weight excluding hydrogens is 256 g/mol. The minimum atomic E-state index is -1.00. The van der Waals surface area contributed by atoms with Crippen molar-refractivity contribution < 1.29 is 9.90 Å². The molecule has 0 bridgehead atoms. The maximum atomic E-state index is 11.2. The van der Waals surface area contributed by atoms with Crippen LogP contribution >= 0.6 is 0 Å². The fourth-order valence-corrected chi connectivity index (χ4v) is 2.20. The standard InChI is InChI=1S/C14H18N4O2/c1-8-11(9(2)18(3)17-8)7-16-13-10(14(19)20)5-4-6-12(13)15/h4-6,16H,7,15H2,1-3H3,(H,19,20). The van der Waals surface area contributed by atoms with Gasteiger partial charge in [-0.25, -0.2) is 4.79 Å². The Morgan fingerprint density at radius 3 is 2.70 bits per heavy atom. The SMILES string of the molecule is Cc1nn(C)c(C)c1CNc1c(N)cccc1C(=O)O. The predicted molar refractivity (Wildman–Crippen MR) is 77.8 cm³/mol. The Bertz CT molecular complexity index is 661. The van der Waals surface area contributed by atoms with Gasteiger partial charge in [-0.05, 0) is 26.0 Å². The molecule has 0 aliphatic heterocycles. The number of aromatic carboxylic acids is 1. The van der Waals surface area contributed by atoms with E-state index in [9.17, 15) is 9.90 Å². The number of rotatable bonds is 4. The molecular formula is C14H18N4O2. The highest BCUT2D eigenvalue weighted by Crippen LogP contribution is 2.25. The first-order valence-electron chi connectivity index (χ1n) is 6.26. The van der Waals surface area contributed by atoms with Gasteiger partial charge in [0.25, 0.3) is 0 Å². The van der Waals surface area contributed by atoms with Crippen LogP contribution in [0.2, 0.25) is 0 Å². The number of nitrogens with one attached hydrogen (secondary N) is 1. The Labute approximate surface area is 117 Å². The first-order valence-corrected chi connectivity index (χ1v) is 6.26. The molecule has 20 heavy (non-hydrogen) atoms. The van der Waals surface area contributed by atoms with Crippen LogP contribution in [0.5, 0.6) is 0 Å². The number of para-hydroxylation sites is 1. The third-order valence-electron chi connectivity index (χ3n) is 3.43. The Balaban J connectivity index is 2.30. The number of anilines is 2. The van der Waals surface area contributed by atoms with Gasteiger partial charge in [0.2, 0.25) is 0 Å². The molecule has 4 N–H and O–H groups in total. The lowest BCUT2D eigenvalue weighted by molar-refractivity contribution is 0.0698. The molecule has 1 aromatic heterocycles. The van der Waals surface area contributed by atoms with Crippen LogP contribution in [-0.4, -0.2) is 20.9 Å². The van der Waals surface area contributed by atoms with Crippen LogP contribution in [0.25, 0.3) is 0 Å². The highest BCUT2D eigenvalue weighted by Gasteiger charge is 2.14. The normalized spacial score (nSPS) is 10.6. The van der Waals surface area contributed by atoms with Crippen molar-refractivity contribution in [1.82, 2.24) is 9.78 Å². The zero-order valence-corrected chi connectivity index (χ0v) is 11.8. The summed E-state index contributed by atoms with van der Waals surface area (Å²) in [6.07, 6.45) is 0. The van der Waals surface area contributed by atoms with E-state index in [2.05, 4.69) is 10.4 Å². The molecule has 0 atom stereocenters. The highest BCUT2D eigenvalue weighted by atomic mass is 16.4. The van der Waals surface area contributed by atoms with Gasteiger partial charge < -0.3 is 16.2 Å². The fourth-order valence-electron chi connectivity index (χ4n) is 2.20. The average molecular weight is 274 g/mol. The van der Waals surface area contributed by atoms with Crippen LogP contribution < -0.4 is 11.1 Å². The van der Waals surface area contributed by atoms with Crippen LogP contribution in [0.15, 0.2) is 18.2 Å². The van der Waals surface area contributed by atoms with Gasteiger partial charge in [0.05, 0.1) is 22.6 Å². The molecule has 6 nitrogen and oxygen atoms in total. The summed E-state index contributed by atoms with van der Waals surface area (Å²) < 4.78 is 1.80. The van der Waals surface area contributed by atoms with Gasteiger partial charge in [-0.1, -0.05) is 6.07 Å². The number of aromatic nitrogens is 2. The summed E-state index contributed by atoms with van der Waals surface area (Å²) in [5, 5.41) is 16.6. The van der Waals surface area contributed by atoms with E-state index >= 15 is 0 Å². The summed E-state index contributed by atoms with van der Waals surface area (Å²) in [7, 11) is 1.88. The first-order chi connectivity index (χ1) is 9.41. The van der Waals surface area contributed by atoms with Crippen molar-refractivity contribution >= 4 is 17.3 Å². The number of nitrogens with zero attached hydrogens (tertiary/aromatic N) is 2. The molecule has 0 aliphatic rings. The largest absolute Gasteiger partial charge is 0.478 e. The summed E-state index contributed by atoms with van der Waals surface area (Å²) in [6.45, 7) is 4.39. The van der Waals surface area contributed by atoms with E-state index in [0.29, 0.717) is 17.9 Å². The van der Waals surface area contributed by atoms with Crippen LogP contribution in [0.4, 0.5) is 11.4 Å². The topological polar surface area (TPSA) is 93.2 Å². The number of carbonyl (C=O) groups is 1. The Morgan fingerprint density at radius 2 is 2.15 bits per heavy atom. The summed E-state index contributed by atoms with van der Waals surface area (Å²) in [6, 6.07) is 4.84. The highest BCUT2D eigenvalue weighted by molar-refractivity contribution is 5.97. The zero-order valence-electron chi connectivity index (χ0n) is 11.8. The summed E-state index contributed by atoms with van der Waals surface area (Å²) in [5.74, 6) is -1.00. The van der Waals surface area contributed by atoms with Crippen molar-refractivity contribution in [2.75, 3.05) is 11.1 Å². The second-order valence-corrected chi connectivity index (χ2v) is 4.70. The average Bonchev–Trinajstić information content (AvgIpc) is 2.62. The van der Waals surface area contributed by atoms with Gasteiger partial charge in [-0.2, -0.15) is 5.10 Å². The molecule has 1 aromatic carbocycles. The van der Waals surface area contributed by atoms with E-state index in [-0.39, 0.29) is 5.56 Å². The second-order valence-electron chi connectivity index (χ2n) is 4.70. The number of hydrogen-bond acceptors (Lipinski definition) is 4. The molecule has 0 spiro atoms. The number of aryl methyl sites for hydroxylation is 2. The summed E-state index contributed by atoms with van der Waals surface area (Å²) >= 11 is 0. The third kappa shape index (κ3) is 2.45. The number of nitrogens with two attached hydrogens (primary N) is 1. The van der Waals surface area contributed by atoms with Gasteiger partial charge in [-0.15, -0.1) is 0 Å². The molecule has 0 fully saturated rings. The Morgan fingerprint density at radius 1 is 1.45 bits per heavy atom. The molecule has 2 rings (SSSR count). The molecule has 0 amide bonds. The number of hydrogen-bond donors (Lipinski definition) is 3. The summed E-state index contributed by atoms with van der Waals surface area (Å²) in [5.41, 5.74) is 9.91. The summed E-state index contributed by atoms with van der Waals surface area (Å²) in [4.78, 5) is 11.2. The second kappa shape index (κ2) is 5.24. The number of carboxylic acids is 1. The van der Waals surface area contributed by atoms with Gasteiger partial charge in [0.1, 0.15) is 0 Å². The van der Waals surface area contributed by atoms with Crippen molar-refractivity contribution in [3.63, 3.8) is 0 Å². The minimum absolute atomic E-state index is 0.171. The van der Waals surface area contributed by atoms with Crippen molar-refractivity contribution in [2.45, 2.75) is 20.4 Å². The van der Waals surface area contributed by atoms with Crippen LogP contribution in [0.1, 0.15) is 27.3 Å². The molecule has 6 heteroatoms. The maximum Gasteiger partial charge on any atom is 0.337 e. The van der Waals surface area contributed by atoms with E-state index < -0.39 is 5.97 Å². The number of carboxylic acid groups (broad SMARTS) is 1. The molecule has 106 valence electrons. The Hall–Kier alpha value is -2.50. The monoisotopic (exact) mass is 274 g/mol. The lowest BCUT2D eigenvalue weighted by atomic mass is 10.1. The van der Waals surface area contributed by atoms with Gasteiger partial charge in [0, 0.05) is 24.8 Å². The molecule has 2 aromatic rings. The smallest absolute Gasteiger partial charge is 0.337 e. The maximum absolute atomic E-state index is 11.2. The molecule has 1 heterocycles. The van der Waals surface area contributed by atoms with Gasteiger partial charge in [-0.3, -0.25) is 4.68 Å². The van der Waals surface area contributed by atoms with Crippen molar-refractivity contribution in [2.24, 2.45) is 7.05 Å². The van der Waals surface area contributed by atoms with E-state index in [0.717, 1.165) is 17.0 Å². The van der Waals surface area contributed by atoms with E-state index in [1.807, 2.05) is 20.9 Å². The van der Waals surface area contributed by atoms with Crippen molar-refractivity contribution in [3.8, 4) is 0 Å². The molecule has 0 unspecified atom stereocenters. The fraction of sp³-hybridized carbons (Fsp3) is 0.286. The molecule has 0 aliphatic carbocycles. The van der Waals surface area contributed by atoms with Crippen LogP contribution in [0, 0.1) is 13.8 Å². The van der Waals surface area contributed by atoms with E-state index in [1.165, 1.54) is 6.07 Å². The molecule has 0 saturated heterocycles. The Kier molecular flexibility index (Phi) is 3.65. The van der Waals surface area contributed by atoms with Gasteiger partial charge >= 0.3 is 5.97 Å². The van der Waals surface area contributed by atoms with Crippen molar-refractivity contribution in [3.05, 3.63) is 40.7 Å². The minimum Gasteiger partial charge on any atom is -0.478 e. The zero-order chi connectivity index (χ0) is 14.9. The van der Waals surface area contributed by atoms with E-state index in [1.54, 1.807) is 16.8 Å².